The highest BCUT2D eigenvalue weighted by Crippen LogP contribution is 2.16. The Labute approximate surface area is 123 Å². The molecule has 0 radical (unpaired) electrons. The Kier molecular flexibility index (Phi) is 3.92. The minimum Gasteiger partial charge on any atom is -0.391 e. The summed E-state index contributed by atoms with van der Waals surface area (Å²) in [7, 11) is 0. The van der Waals surface area contributed by atoms with Gasteiger partial charge in [0, 0.05) is 31.0 Å². The van der Waals surface area contributed by atoms with Crippen molar-refractivity contribution in [1.82, 2.24) is 14.9 Å². The molecule has 1 amide bonds. The fraction of sp³-hybridized carbons (Fsp3) is 0.312. The molecule has 1 aliphatic heterocycles. The van der Waals surface area contributed by atoms with Crippen molar-refractivity contribution in [2.24, 2.45) is 0 Å². The fourth-order valence-electron chi connectivity index (χ4n) is 2.50. The van der Waals surface area contributed by atoms with Gasteiger partial charge in [0.25, 0.3) is 5.91 Å². The first-order valence-corrected chi connectivity index (χ1v) is 7.09. The maximum atomic E-state index is 12.3. The van der Waals surface area contributed by atoms with E-state index in [0.717, 1.165) is 18.4 Å². The van der Waals surface area contributed by atoms with E-state index in [9.17, 15) is 9.90 Å². The van der Waals surface area contributed by atoms with E-state index >= 15 is 0 Å². The molecule has 0 aliphatic carbocycles. The van der Waals surface area contributed by atoms with E-state index in [1.165, 1.54) is 0 Å². The van der Waals surface area contributed by atoms with Crippen LogP contribution < -0.4 is 0 Å². The van der Waals surface area contributed by atoms with Crippen LogP contribution in [0.15, 0.2) is 42.7 Å². The molecule has 0 spiro atoms. The third-order valence-corrected chi connectivity index (χ3v) is 3.61. The molecule has 1 aromatic heterocycles. The summed E-state index contributed by atoms with van der Waals surface area (Å²) in [6, 6.07) is 9.64. The van der Waals surface area contributed by atoms with Gasteiger partial charge in [-0.2, -0.15) is 0 Å². The lowest BCUT2D eigenvalue weighted by Gasteiger charge is -2.29. The van der Waals surface area contributed by atoms with Crippen LogP contribution in [0.4, 0.5) is 0 Å². The molecule has 1 aromatic carbocycles. The molecule has 21 heavy (non-hydrogen) atoms. The van der Waals surface area contributed by atoms with Gasteiger partial charge in [0.1, 0.15) is 0 Å². The molecule has 1 unspecified atom stereocenters. The second-order valence-electron chi connectivity index (χ2n) is 5.21. The van der Waals surface area contributed by atoms with E-state index in [0.29, 0.717) is 24.5 Å². The summed E-state index contributed by atoms with van der Waals surface area (Å²) >= 11 is 0. The quantitative estimate of drug-likeness (QED) is 0.911. The van der Waals surface area contributed by atoms with Gasteiger partial charge in [0.05, 0.1) is 11.7 Å². The van der Waals surface area contributed by atoms with Crippen LogP contribution in [0.2, 0.25) is 0 Å². The molecule has 1 N–H and O–H groups in total. The molecule has 108 valence electrons. The van der Waals surface area contributed by atoms with Crippen molar-refractivity contribution < 1.29 is 9.90 Å². The maximum Gasteiger partial charge on any atom is 0.257 e. The zero-order chi connectivity index (χ0) is 14.7. The summed E-state index contributed by atoms with van der Waals surface area (Å²) in [5, 5.41) is 9.64. The van der Waals surface area contributed by atoms with Gasteiger partial charge in [-0.3, -0.25) is 4.79 Å². The molecule has 2 aromatic rings. The lowest BCUT2D eigenvalue weighted by atomic mass is 10.1. The fourth-order valence-corrected chi connectivity index (χ4v) is 2.50. The lowest BCUT2D eigenvalue weighted by molar-refractivity contribution is 0.0473. The molecule has 0 bridgehead atoms. The van der Waals surface area contributed by atoms with Gasteiger partial charge in [-0.1, -0.05) is 30.3 Å². The number of carbonyl (C=O) groups is 1. The van der Waals surface area contributed by atoms with Crippen molar-refractivity contribution in [1.29, 1.82) is 0 Å². The number of hydrogen-bond donors (Lipinski definition) is 1. The molecule has 1 fully saturated rings. The Morgan fingerprint density at radius 3 is 2.57 bits per heavy atom. The molecule has 2 heterocycles. The van der Waals surface area contributed by atoms with E-state index in [1.54, 1.807) is 17.3 Å². The van der Waals surface area contributed by atoms with E-state index in [-0.39, 0.29) is 5.91 Å². The van der Waals surface area contributed by atoms with Crippen LogP contribution in [-0.2, 0) is 0 Å². The largest absolute Gasteiger partial charge is 0.391 e. The third-order valence-electron chi connectivity index (χ3n) is 3.61. The number of β-amino-alcohol motifs (C(OH)–C–C–N with tert-alkyl or cyclic N) is 1. The van der Waals surface area contributed by atoms with Crippen molar-refractivity contribution in [2.75, 3.05) is 13.1 Å². The molecular formula is C16H17N3O2. The van der Waals surface area contributed by atoms with Crippen molar-refractivity contribution in [2.45, 2.75) is 18.9 Å². The molecule has 1 aliphatic rings. The number of rotatable bonds is 2. The van der Waals surface area contributed by atoms with Crippen molar-refractivity contribution >= 4 is 5.91 Å². The highest BCUT2D eigenvalue weighted by atomic mass is 16.3. The molecule has 0 saturated carbocycles. The van der Waals surface area contributed by atoms with Crippen molar-refractivity contribution in [3.05, 3.63) is 48.3 Å². The van der Waals surface area contributed by atoms with Crippen molar-refractivity contribution in [3.8, 4) is 11.4 Å². The maximum absolute atomic E-state index is 12.3. The summed E-state index contributed by atoms with van der Waals surface area (Å²) in [5.74, 6) is 0.485. The number of hydrogen-bond acceptors (Lipinski definition) is 4. The van der Waals surface area contributed by atoms with Crippen LogP contribution in [0.25, 0.3) is 11.4 Å². The number of aromatic nitrogens is 2. The van der Waals surface area contributed by atoms with Crippen LogP contribution in [0, 0.1) is 0 Å². The second kappa shape index (κ2) is 6.01. The Morgan fingerprint density at radius 1 is 1.19 bits per heavy atom. The first-order chi connectivity index (χ1) is 10.2. The number of benzene rings is 1. The van der Waals surface area contributed by atoms with E-state index in [4.69, 9.17) is 0 Å². The topological polar surface area (TPSA) is 66.3 Å². The molecular weight excluding hydrogens is 266 g/mol. The Bertz CT molecular complexity index is 613. The molecule has 5 nitrogen and oxygen atoms in total. The lowest BCUT2D eigenvalue weighted by Crippen LogP contribution is -2.42. The van der Waals surface area contributed by atoms with E-state index in [1.807, 2.05) is 30.3 Å². The summed E-state index contributed by atoms with van der Waals surface area (Å²) in [5.41, 5.74) is 1.38. The Balaban J connectivity index is 1.76. The number of amides is 1. The van der Waals surface area contributed by atoms with Crippen LogP contribution in [-0.4, -0.2) is 45.1 Å². The molecule has 1 atom stereocenters. The van der Waals surface area contributed by atoms with Crippen molar-refractivity contribution in [3.63, 3.8) is 0 Å². The number of nitrogens with zero attached hydrogens (tertiary/aromatic N) is 3. The normalized spacial score (nSPS) is 18.5. The SMILES string of the molecule is O=C(c1cnc(-c2ccccc2)nc1)N1CCCC(O)C1. The van der Waals surface area contributed by atoms with Gasteiger partial charge in [-0.15, -0.1) is 0 Å². The standard InChI is InChI=1S/C16H17N3O2/c20-14-7-4-8-19(11-14)16(21)13-9-17-15(18-10-13)12-5-2-1-3-6-12/h1-3,5-6,9-10,14,20H,4,7-8,11H2. The average Bonchev–Trinajstić information content (AvgIpc) is 2.55. The Morgan fingerprint density at radius 2 is 1.90 bits per heavy atom. The summed E-state index contributed by atoms with van der Waals surface area (Å²) in [6.45, 7) is 1.07. The van der Waals surface area contributed by atoms with Gasteiger partial charge in [-0.05, 0) is 12.8 Å². The molecule has 5 heteroatoms. The van der Waals surface area contributed by atoms with E-state index in [2.05, 4.69) is 9.97 Å². The molecule has 1 saturated heterocycles. The number of carbonyl (C=O) groups excluding carboxylic acids is 1. The summed E-state index contributed by atoms with van der Waals surface area (Å²) in [6.07, 6.45) is 4.27. The van der Waals surface area contributed by atoms with E-state index < -0.39 is 6.10 Å². The average molecular weight is 283 g/mol. The van der Waals surface area contributed by atoms with Crippen LogP contribution in [0.1, 0.15) is 23.2 Å². The number of aliphatic hydroxyl groups is 1. The van der Waals surface area contributed by atoms with Gasteiger partial charge < -0.3 is 10.0 Å². The van der Waals surface area contributed by atoms with Crippen LogP contribution in [0.5, 0.6) is 0 Å². The first-order valence-electron chi connectivity index (χ1n) is 7.09. The summed E-state index contributed by atoms with van der Waals surface area (Å²) < 4.78 is 0. The number of likely N-dealkylation sites (tertiary alicyclic amines) is 1. The third kappa shape index (κ3) is 3.08. The minimum atomic E-state index is -0.424. The van der Waals surface area contributed by atoms with Gasteiger partial charge >= 0.3 is 0 Å². The predicted molar refractivity (Wildman–Crippen MR) is 78.6 cm³/mol. The highest BCUT2D eigenvalue weighted by molar-refractivity contribution is 5.93. The number of aliphatic hydroxyl groups excluding tert-OH is 1. The zero-order valence-corrected chi connectivity index (χ0v) is 11.6. The first kappa shape index (κ1) is 13.7. The number of piperidine rings is 1. The van der Waals surface area contributed by atoms with Gasteiger partial charge in [0.2, 0.25) is 0 Å². The minimum absolute atomic E-state index is 0.117. The van der Waals surface area contributed by atoms with Crippen LogP contribution in [0.3, 0.4) is 0 Å². The summed E-state index contributed by atoms with van der Waals surface area (Å²) in [4.78, 5) is 22.5. The smallest absolute Gasteiger partial charge is 0.257 e. The van der Waals surface area contributed by atoms with Crippen LogP contribution >= 0.6 is 0 Å². The zero-order valence-electron chi connectivity index (χ0n) is 11.6. The van der Waals surface area contributed by atoms with Gasteiger partial charge in [-0.25, -0.2) is 9.97 Å². The van der Waals surface area contributed by atoms with Gasteiger partial charge in [0.15, 0.2) is 5.82 Å². The monoisotopic (exact) mass is 283 g/mol. The predicted octanol–water partition coefficient (Wildman–Crippen LogP) is 1.74. The Hall–Kier alpha value is -2.27. The molecule has 3 rings (SSSR count). The second-order valence-corrected chi connectivity index (χ2v) is 5.21. The highest BCUT2D eigenvalue weighted by Gasteiger charge is 2.23.